The van der Waals surface area contributed by atoms with Crippen LogP contribution in [0.1, 0.15) is 19.3 Å². The second kappa shape index (κ2) is 7.54. The molecule has 1 aliphatic heterocycles. The highest BCUT2D eigenvalue weighted by Gasteiger charge is 2.32. The molecule has 0 saturated carbocycles. The lowest BCUT2D eigenvalue weighted by Crippen LogP contribution is -2.34. The maximum Gasteiger partial charge on any atom is 0.573 e. The molecule has 8 heteroatoms. The number of halogens is 3. The Hall–Kier alpha value is -1.96. The van der Waals surface area contributed by atoms with Crippen LogP contribution in [0.5, 0.6) is 5.75 Å². The van der Waals surface area contributed by atoms with Gasteiger partial charge in [-0.05, 0) is 45.0 Å². The van der Waals surface area contributed by atoms with Gasteiger partial charge in [-0.1, -0.05) is 12.1 Å². The second-order valence-electron chi connectivity index (χ2n) is 5.49. The molecule has 2 N–H and O–H groups in total. The quantitative estimate of drug-likeness (QED) is 0.871. The van der Waals surface area contributed by atoms with Crippen LogP contribution in [0, 0.1) is 0 Å². The number of benzene rings is 1. The van der Waals surface area contributed by atoms with Gasteiger partial charge in [0.15, 0.2) is 5.75 Å². The third-order valence-electron chi connectivity index (χ3n) is 3.80. The first kappa shape index (κ1) is 17.4. The molecule has 1 fully saturated rings. The lowest BCUT2D eigenvalue weighted by Gasteiger charge is -2.19. The second-order valence-corrected chi connectivity index (χ2v) is 5.49. The van der Waals surface area contributed by atoms with Gasteiger partial charge in [0, 0.05) is 12.6 Å². The minimum absolute atomic E-state index is 0.0275. The molecule has 1 aliphatic rings. The van der Waals surface area contributed by atoms with Crippen molar-refractivity contribution in [1.82, 2.24) is 10.2 Å². The fourth-order valence-electron chi connectivity index (χ4n) is 2.65. The zero-order chi connectivity index (χ0) is 16.9. The molecule has 2 amide bonds. The van der Waals surface area contributed by atoms with Crippen molar-refractivity contribution in [1.29, 1.82) is 0 Å². The number of nitrogens with zero attached hydrogens (tertiary/aromatic N) is 1. The first-order chi connectivity index (χ1) is 10.8. The Balaban J connectivity index is 1.83. The number of amides is 2. The van der Waals surface area contributed by atoms with E-state index < -0.39 is 18.1 Å². The van der Waals surface area contributed by atoms with Crippen molar-refractivity contribution in [3.63, 3.8) is 0 Å². The van der Waals surface area contributed by atoms with Crippen LogP contribution >= 0.6 is 0 Å². The zero-order valence-electron chi connectivity index (χ0n) is 12.8. The highest BCUT2D eigenvalue weighted by Crippen LogP contribution is 2.29. The first-order valence-electron chi connectivity index (χ1n) is 7.45. The average molecular weight is 331 g/mol. The molecule has 0 radical (unpaired) electrons. The van der Waals surface area contributed by atoms with Gasteiger partial charge in [-0.25, -0.2) is 4.79 Å². The Kier molecular flexibility index (Phi) is 5.70. The van der Waals surface area contributed by atoms with E-state index in [1.54, 1.807) is 0 Å². The summed E-state index contributed by atoms with van der Waals surface area (Å²) < 4.78 is 40.8. The number of nitrogens with one attached hydrogen (secondary N) is 2. The minimum atomic E-state index is -4.80. The predicted molar refractivity (Wildman–Crippen MR) is 80.4 cm³/mol. The van der Waals surface area contributed by atoms with Crippen molar-refractivity contribution < 1.29 is 22.7 Å². The normalized spacial score (nSPS) is 18.7. The highest BCUT2D eigenvalue weighted by atomic mass is 19.4. The van der Waals surface area contributed by atoms with E-state index in [1.165, 1.54) is 18.2 Å². The van der Waals surface area contributed by atoms with Gasteiger partial charge in [0.2, 0.25) is 0 Å². The first-order valence-corrected chi connectivity index (χ1v) is 7.45. The summed E-state index contributed by atoms with van der Waals surface area (Å²) in [4.78, 5) is 14.1. The number of alkyl halides is 3. The monoisotopic (exact) mass is 331 g/mol. The molecule has 1 aromatic rings. The molecule has 1 unspecified atom stereocenters. The van der Waals surface area contributed by atoms with E-state index in [9.17, 15) is 18.0 Å². The Morgan fingerprint density at radius 2 is 2.13 bits per heavy atom. The number of hydrogen-bond donors (Lipinski definition) is 2. The van der Waals surface area contributed by atoms with Crippen LogP contribution < -0.4 is 15.4 Å². The van der Waals surface area contributed by atoms with E-state index in [2.05, 4.69) is 20.3 Å². The average Bonchev–Trinajstić information content (AvgIpc) is 2.85. The van der Waals surface area contributed by atoms with Crippen LogP contribution in [-0.2, 0) is 0 Å². The maximum absolute atomic E-state index is 12.3. The van der Waals surface area contributed by atoms with Crippen molar-refractivity contribution >= 4 is 11.7 Å². The number of ether oxygens (including phenoxy) is 1. The van der Waals surface area contributed by atoms with E-state index in [-0.39, 0.29) is 5.69 Å². The van der Waals surface area contributed by atoms with Gasteiger partial charge in [0.25, 0.3) is 0 Å². The van der Waals surface area contributed by atoms with Crippen LogP contribution in [0.3, 0.4) is 0 Å². The van der Waals surface area contributed by atoms with Crippen LogP contribution in [-0.4, -0.2) is 43.5 Å². The molecule has 0 aliphatic carbocycles. The van der Waals surface area contributed by atoms with E-state index in [4.69, 9.17) is 0 Å². The number of para-hydroxylation sites is 2. The summed E-state index contributed by atoms with van der Waals surface area (Å²) >= 11 is 0. The summed E-state index contributed by atoms with van der Waals surface area (Å²) in [6.45, 7) is 1.52. The van der Waals surface area contributed by atoms with Gasteiger partial charge < -0.3 is 20.3 Å². The highest BCUT2D eigenvalue weighted by molar-refractivity contribution is 5.90. The Bertz CT molecular complexity index is 537. The van der Waals surface area contributed by atoms with E-state index in [0.29, 0.717) is 12.6 Å². The molecular formula is C15H20F3N3O2. The van der Waals surface area contributed by atoms with Gasteiger partial charge >= 0.3 is 12.4 Å². The van der Waals surface area contributed by atoms with Gasteiger partial charge in [0.05, 0.1) is 5.69 Å². The molecule has 1 saturated heterocycles. The summed E-state index contributed by atoms with van der Waals surface area (Å²) in [6, 6.07) is 5.31. The molecular weight excluding hydrogens is 311 g/mol. The lowest BCUT2D eigenvalue weighted by atomic mass is 10.1. The maximum atomic E-state index is 12.3. The van der Waals surface area contributed by atoms with E-state index in [0.717, 1.165) is 31.9 Å². The number of rotatable bonds is 5. The number of urea groups is 1. The van der Waals surface area contributed by atoms with Gasteiger partial charge in [-0.2, -0.15) is 0 Å². The summed E-state index contributed by atoms with van der Waals surface area (Å²) in [6.07, 6.45) is -1.75. The molecule has 23 heavy (non-hydrogen) atoms. The van der Waals surface area contributed by atoms with E-state index in [1.807, 2.05) is 7.05 Å². The van der Waals surface area contributed by atoms with Crippen LogP contribution in [0.25, 0.3) is 0 Å². The molecule has 2 rings (SSSR count). The van der Waals surface area contributed by atoms with Crippen molar-refractivity contribution in [3.05, 3.63) is 24.3 Å². The third-order valence-corrected chi connectivity index (χ3v) is 3.80. The summed E-state index contributed by atoms with van der Waals surface area (Å²) in [5.74, 6) is -0.439. The molecule has 0 bridgehead atoms. The molecule has 1 heterocycles. The smallest absolute Gasteiger partial charge is 0.404 e. The standard InChI is InChI=1S/C15H20F3N3O2/c1-21-10-4-5-11(21)8-9-19-14(22)20-12-6-2-3-7-13(12)23-15(16,17)18/h2-3,6-7,11H,4-5,8-10H2,1H3,(H2,19,20,22). The van der Waals surface area contributed by atoms with Gasteiger partial charge in [-0.15, -0.1) is 13.2 Å². The SMILES string of the molecule is CN1CCCC1CCNC(=O)Nc1ccccc1OC(F)(F)F. The molecule has 5 nitrogen and oxygen atoms in total. The number of carbonyl (C=O) groups excluding carboxylic acids is 1. The predicted octanol–water partition coefficient (Wildman–Crippen LogP) is 3.19. The fourth-order valence-corrected chi connectivity index (χ4v) is 2.65. The summed E-state index contributed by atoms with van der Waals surface area (Å²) in [5.41, 5.74) is -0.0275. The number of carbonyl (C=O) groups is 1. The van der Waals surface area contributed by atoms with Crippen LogP contribution in [0.2, 0.25) is 0 Å². The number of likely N-dealkylation sites (tertiary alicyclic amines) is 1. The van der Waals surface area contributed by atoms with E-state index >= 15 is 0 Å². The van der Waals surface area contributed by atoms with Crippen molar-refractivity contribution in [2.45, 2.75) is 31.7 Å². The van der Waals surface area contributed by atoms with Gasteiger partial charge in [0.1, 0.15) is 0 Å². The Morgan fingerprint density at radius 3 is 2.78 bits per heavy atom. The van der Waals surface area contributed by atoms with Crippen LogP contribution in [0.15, 0.2) is 24.3 Å². The largest absolute Gasteiger partial charge is 0.573 e. The molecule has 1 aromatic carbocycles. The van der Waals surface area contributed by atoms with Crippen molar-refractivity contribution in [2.75, 3.05) is 25.5 Å². The minimum Gasteiger partial charge on any atom is -0.404 e. The fraction of sp³-hybridized carbons (Fsp3) is 0.533. The van der Waals surface area contributed by atoms with Crippen LogP contribution in [0.4, 0.5) is 23.7 Å². The summed E-state index contributed by atoms with van der Waals surface area (Å²) in [7, 11) is 2.04. The molecule has 0 aromatic heterocycles. The Labute approximate surface area is 132 Å². The molecule has 128 valence electrons. The molecule has 0 spiro atoms. The summed E-state index contributed by atoms with van der Waals surface area (Å²) in [5, 5.41) is 5.04. The zero-order valence-corrected chi connectivity index (χ0v) is 12.8. The van der Waals surface area contributed by atoms with Crippen molar-refractivity contribution in [3.8, 4) is 5.75 Å². The third kappa shape index (κ3) is 5.63. The lowest BCUT2D eigenvalue weighted by molar-refractivity contribution is -0.274. The Morgan fingerprint density at radius 1 is 1.39 bits per heavy atom. The van der Waals surface area contributed by atoms with Gasteiger partial charge in [-0.3, -0.25) is 0 Å². The number of anilines is 1. The van der Waals surface area contributed by atoms with Crippen molar-refractivity contribution in [2.24, 2.45) is 0 Å². The topological polar surface area (TPSA) is 53.6 Å². The molecule has 1 atom stereocenters. The number of hydrogen-bond acceptors (Lipinski definition) is 3.